The van der Waals surface area contributed by atoms with Crippen LogP contribution in [0.3, 0.4) is 0 Å². The SMILES string of the molecule is CCCCCCCCCCCCNC(=O)/C=C/c1ccc(-c2nc[nH]c2-c2ccc(/C=C/C(=O)O)cc2)cc1. The van der Waals surface area contributed by atoms with Gasteiger partial charge in [0.1, 0.15) is 0 Å². The summed E-state index contributed by atoms with van der Waals surface area (Å²) in [4.78, 5) is 30.6. The molecule has 0 aliphatic heterocycles. The Kier molecular flexibility index (Phi) is 12.8. The van der Waals surface area contributed by atoms with Crippen LogP contribution in [0.5, 0.6) is 0 Å². The first-order chi connectivity index (χ1) is 19.1. The first-order valence-electron chi connectivity index (χ1n) is 14.2. The highest BCUT2D eigenvalue weighted by atomic mass is 16.4. The number of aliphatic carboxylic acids is 1. The molecule has 0 saturated carbocycles. The first kappa shape index (κ1) is 29.6. The largest absolute Gasteiger partial charge is 0.478 e. The Labute approximate surface area is 232 Å². The van der Waals surface area contributed by atoms with E-state index < -0.39 is 5.97 Å². The minimum absolute atomic E-state index is 0.0637. The number of H-pyrrole nitrogens is 1. The predicted molar refractivity (Wildman–Crippen MR) is 160 cm³/mol. The number of nitrogens with one attached hydrogen (secondary N) is 2. The van der Waals surface area contributed by atoms with E-state index in [4.69, 9.17) is 5.11 Å². The highest BCUT2D eigenvalue weighted by Gasteiger charge is 2.10. The molecule has 3 aromatic rings. The Morgan fingerprint density at radius 3 is 1.90 bits per heavy atom. The van der Waals surface area contributed by atoms with Crippen LogP contribution in [0, 0.1) is 0 Å². The zero-order chi connectivity index (χ0) is 27.7. The van der Waals surface area contributed by atoms with Gasteiger partial charge in [-0.1, -0.05) is 113 Å². The van der Waals surface area contributed by atoms with E-state index in [0.29, 0.717) is 0 Å². The van der Waals surface area contributed by atoms with Gasteiger partial charge in [0, 0.05) is 29.8 Å². The minimum atomic E-state index is -0.974. The summed E-state index contributed by atoms with van der Waals surface area (Å²) >= 11 is 0. The molecule has 0 spiro atoms. The van der Waals surface area contributed by atoms with Gasteiger partial charge in [-0.15, -0.1) is 0 Å². The third-order valence-electron chi connectivity index (χ3n) is 6.70. The van der Waals surface area contributed by atoms with Gasteiger partial charge in [-0.2, -0.15) is 0 Å². The van der Waals surface area contributed by atoms with Crippen molar-refractivity contribution in [2.75, 3.05) is 6.54 Å². The molecule has 206 valence electrons. The number of hydrogen-bond acceptors (Lipinski definition) is 3. The van der Waals surface area contributed by atoms with E-state index >= 15 is 0 Å². The van der Waals surface area contributed by atoms with Crippen LogP contribution in [-0.4, -0.2) is 33.5 Å². The standard InChI is InChI=1S/C33H41N3O3/c1-2-3-4-5-6-7-8-9-10-11-24-34-30(37)22-16-26-12-18-28(19-13-26)32-33(36-25-35-32)29-20-14-27(15-21-29)17-23-31(38)39/h12-23,25H,2-11,24H2,1H3,(H,34,37)(H,35,36)(H,38,39)/b22-16+,23-17+. The molecule has 0 aliphatic rings. The number of carboxylic acid groups (broad SMARTS) is 1. The maximum absolute atomic E-state index is 12.2. The number of nitrogens with zero attached hydrogens (tertiary/aromatic N) is 1. The van der Waals surface area contributed by atoms with Crippen molar-refractivity contribution >= 4 is 24.0 Å². The quantitative estimate of drug-likeness (QED) is 0.123. The maximum Gasteiger partial charge on any atom is 0.328 e. The number of carbonyl (C=O) groups excluding carboxylic acids is 1. The molecular formula is C33H41N3O3. The summed E-state index contributed by atoms with van der Waals surface area (Å²) < 4.78 is 0. The first-order valence-corrected chi connectivity index (χ1v) is 14.2. The van der Waals surface area contributed by atoms with Crippen LogP contribution >= 0.6 is 0 Å². The second-order valence-electron chi connectivity index (χ2n) is 9.85. The van der Waals surface area contributed by atoms with Gasteiger partial charge in [0.05, 0.1) is 17.7 Å². The fourth-order valence-corrected chi connectivity index (χ4v) is 4.47. The number of hydrogen-bond donors (Lipinski definition) is 3. The molecule has 1 amide bonds. The Bertz CT molecular complexity index is 1210. The van der Waals surface area contributed by atoms with Crippen molar-refractivity contribution in [3.63, 3.8) is 0 Å². The molecule has 0 unspecified atom stereocenters. The zero-order valence-corrected chi connectivity index (χ0v) is 23.0. The average Bonchev–Trinajstić information content (AvgIpc) is 3.44. The molecule has 0 aliphatic carbocycles. The molecule has 0 bridgehead atoms. The fraction of sp³-hybridized carbons (Fsp3) is 0.364. The van der Waals surface area contributed by atoms with Crippen molar-refractivity contribution < 1.29 is 14.7 Å². The molecule has 0 radical (unpaired) electrons. The van der Waals surface area contributed by atoms with E-state index in [-0.39, 0.29) is 5.91 Å². The number of carboxylic acids is 1. The van der Waals surface area contributed by atoms with Gasteiger partial charge in [-0.05, 0) is 29.7 Å². The van der Waals surface area contributed by atoms with Gasteiger partial charge in [0.15, 0.2) is 0 Å². The van der Waals surface area contributed by atoms with Crippen molar-refractivity contribution in [3.8, 4) is 22.5 Å². The molecule has 6 nitrogen and oxygen atoms in total. The molecule has 1 aromatic heterocycles. The Morgan fingerprint density at radius 1 is 0.769 bits per heavy atom. The summed E-state index contributed by atoms with van der Waals surface area (Å²) in [6, 6.07) is 15.5. The number of carbonyl (C=O) groups is 2. The predicted octanol–water partition coefficient (Wildman–Crippen LogP) is 7.89. The van der Waals surface area contributed by atoms with Crippen LogP contribution < -0.4 is 5.32 Å². The lowest BCUT2D eigenvalue weighted by Gasteiger charge is -2.05. The molecule has 1 heterocycles. The minimum Gasteiger partial charge on any atom is -0.478 e. The van der Waals surface area contributed by atoms with Crippen molar-refractivity contribution in [3.05, 3.63) is 78.1 Å². The number of imidazole rings is 1. The van der Waals surface area contributed by atoms with E-state index in [1.165, 1.54) is 57.8 Å². The molecule has 0 atom stereocenters. The zero-order valence-electron chi connectivity index (χ0n) is 23.0. The van der Waals surface area contributed by atoms with Gasteiger partial charge in [-0.25, -0.2) is 9.78 Å². The van der Waals surface area contributed by atoms with Gasteiger partial charge >= 0.3 is 5.97 Å². The number of rotatable bonds is 17. The van der Waals surface area contributed by atoms with Crippen LogP contribution in [0.1, 0.15) is 82.3 Å². The number of unbranched alkanes of at least 4 members (excludes halogenated alkanes) is 9. The summed E-state index contributed by atoms with van der Waals surface area (Å²) in [6.45, 7) is 2.97. The molecule has 3 N–H and O–H groups in total. The Morgan fingerprint density at radius 2 is 1.31 bits per heavy atom. The van der Waals surface area contributed by atoms with Crippen LogP contribution in [0.15, 0.2) is 67.0 Å². The van der Waals surface area contributed by atoms with Gasteiger partial charge in [-0.3, -0.25) is 4.79 Å². The third kappa shape index (κ3) is 10.8. The van der Waals surface area contributed by atoms with E-state index in [1.807, 2.05) is 54.6 Å². The van der Waals surface area contributed by atoms with Crippen molar-refractivity contribution in [1.29, 1.82) is 0 Å². The van der Waals surface area contributed by atoms with E-state index in [2.05, 4.69) is 22.2 Å². The van der Waals surface area contributed by atoms with E-state index in [9.17, 15) is 9.59 Å². The summed E-state index contributed by atoms with van der Waals surface area (Å²) in [6.07, 6.45) is 20.6. The lowest BCUT2D eigenvalue weighted by atomic mass is 10.0. The smallest absolute Gasteiger partial charge is 0.328 e. The monoisotopic (exact) mass is 527 g/mol. The maximum atomic E-state index is 12.2. The number of aromatic nitrogens is 2. The van der Waals surface area contributed by atoms with E-state index in [0.717, 1.165) is 52.7 Å². The number of benzene rings is 2. The summed E-state index contributed by atoms with van der Waals surface area (Å²) in [5.74, 6) is -1.04. The molecule has 3 rings (SSSR count). The van der Waals surface area contributed by atoms with Gasteiger partial charge in [0.2, 0.25) is 5.91 Å². The van der Waals surface area contributed by atoms with Crippen molar-refractivity contribution in [2.24, 2.45) is 0 Å². The lowest BCUT2D eigenvalue weighted by molar-refractivity contribution is -0.131. The van der Waals surface area contributed by atoms with Gasteiger partial charge in [0.25, 0.3) is 0 Å². The molecule has 39 heavy (non-hydrogen) atoms. The average molecular weight is 528 g/mol. The molecule has 6 heteroatoms. The summed E-state index contributed by atoms with van der Waals surface area (Å²) in [5.41, 5.74) is 5.39. The Balaban J connectivity index is 1.42. The van der Waals surface area contributed by atoms with E-state index in [1.54, 1.807) is 18.5 Å². The van der Waals surface area contributed by atoms with Crippen LogP contribution in [0.4, 0.5) is 0 Å². The second-order valence-corrected chi connectivity index (χ2v) is 9.85. The highest BCUT2D eigenvalue weighted by molar-refractivity contribution is 5.91. The number of amides is 1. The van der Waals surface area contributed by atoms with Crippen LogP contribution in [-0.2, 0) is 9.59 Å². The Hall–Kier alpha value is -3.93. The van der Waals surface area contributed by atoms with Crippen molar-refractivity contribution in [2.45, 2.75) is 71.1 Å². The van der Waals surface area contributed by atoms with Crippen LogP contribution in [0.2, 0.25) is 0 Å². The number of aromatic amines is 1. The van der Waals surface area contributed by atoms with Crippen LogP contribution in [0.25, 0.3) is 34.7 Å². The molecular weight excluding hydrogens is 486 g/mol. The highest BCUT2D eigenvalue weighted by Crippen LogP contribution is 2.29. The molecule has 2 aromatic carbocycles. The molecule has 0 saturated heterocycles. The third-order valence-corrected chi connectivity index (χ3v) is 6.70. The molecule has 0 fully saturated rings. The second kappa shape index (κ2) is 16.8. The topological polar surface area (TPSA) is 95.1 Å². The lowest BCUT2D eigenvalue weighted by Crippen LogP contribution is -2.21. The normalized spacial score (nSPS) is 11.4. The van der Waals surface area contributed by atoms with Gasteiger partial charge < -0.3 is 15.4 Å². The summed E-state index contributed by atoms with van der Waals surface area (Å²) in [7, 11) is 0. The fourth-order valence-electron chi connectivity index (χ4n) is 4.47. The summed E-state index contributed by atoms with van der Waals surface area (Å²) in [5, 5.41) is 11.8. The van der Waals surface area contributed by atoms with Crippen molar-refractivity contribution in [1.82, 2.24) is 15.3 Å².